The molecule has 108 valence electrons. The van der Waals surface area contributed by atoms with Crippen LogP contribution in [0.3, 0.4) is 0 Å². The number of hydrogen-bond donors (Lipinski definition) is 2. The number of ether oxygens (including phenoxy) is 1. The summed E-state index contributed by atoms with van der Waals surface area (Å²) < 4.78 is 5.12. The highest BCUT2D eigenvalue weighted by Crippen LogP contribution is 2.38. The molecule has 6 heteroatoms. The van der Waals surface area contributed by atoms with E-state index in [1.807, 2.05) is 6.07 Å². The SMILES string of the molecule is CCOC(=O)C1=C(C)NC(S)=C(C#N)[C@@H]1c1cccnc1. The van der Waals surface area contributed by atoms with Crippen LogP contribution in [0.5, 0.6) is 0 Å². The third-order valence-corrected chi connectivity index (χ3v) is 3.53. The number of nitriles is 1. The highest BCUT2D eigenvalue weighted by Gasteiger charge is 2.34. The molecule has 1 atom stereocenters. The van der Waals surface area contributed by atoms with Crippen LogP contribution in [-0.4, -0.2) is 17.6 Å². The topological polar surface area (TPSA) is 75.0 Å². The Bertz CT molecular complexity index is 659. The van der Waals surface area contributed by atoms with E-state index in [0.717, 1.165) is 5.56 Å². The van der Waals surface area contributed by atoms with Gasteiger partial charge in [-0.2, -0.15) is 5.26 Å². The number of dihydropyridines is 1. The van der Waals surface area contributed by atoms with Crippen molar-refractivity contribution >= 4 is 18.6 Å². The number of aromatic nitrogens is 1. The molecule has 0 radical (unpaired) electrons. The summed E-state index contributed by atoms with van der Waals surface area (Å²) >= 11 is 4.31. The lowest BCUT2D eigenvalue weighted by Crippen LogP contribution is -2.28. The molecule has 1 aliphatic rings. The summed E-state index contributed by atoms with van der Waals surface area (Å²) in [6, 6.07) is 5.71. The normalized spacial score (nSPS) is 18.1. The predicted molar refractivity (Wildman–Crippen MR) is 81.1 cm³/mol. The van der Waals surface area contributed by atoms with Gasteiger partial charge in [0.2, 0.25) is 0 Å². The molecule has 1 aromatic heterocycles. The molecule has 0 saturated carbocycles. The van der Waals surface area contributed by atoms with Gasteiger partial charge in [0, 0.05) is 18.1 Å². The second-order valence-electron chi connectivity index (χ2n) is 4.48. The van der Waals surface area contributed by atoms with Crippen LogP contribution >= 0.6 is 12.6 Å². The van der Waals surface area contributed by atoms with Gasteiger partial charge < -0.3 is 10.1 Å². The maximum absolute atomic E-state index is 12.3. The van der Waals surface area contributed by atoms with E-state index in [2.05, 4.69) is 29.0 Å². The highest BCUT2D eigenvalue weighted by molar-refractivity contribution is 7.84. The minimum Gasteiger partial charge on any atom is -0.463 e. The molecule has 0 bridgehead atoms. The van der Waals surface area contributed by atoms with Crippen LogP contribution in [0, 0.1) is 11.3 Å². The van der Waals surface area contributed by atoms with E-state index < -0.39 is 11.9 Å². The first kappa shape index (κ1) is 15.1. The van der Waals surface area contributed by atoms with Gasteiger partial charge in [-0.15, -0.1) is 12.6 Å². The number of carbonyl (C=O) groups excluding carboxylic acids is 1. The molecule has 1 aromatic rings. The average molecular weight is 301 g/mol. The summed E-state index contributed by atoms with van der Waals surface area (Å²) in [6.07, 6.45) is 3.28. The number of carbonyl (C=O) groups is 1. The molecule has 21 heavy (non-hydrogen) atoms. The standard InChI is InChI=1S/C15H15N3O2S/c1-3-20-15(19)12-9(2)18-14(21)11(7-16)13(12)10-5-4-6-17-8-10/h4-6,8,13,18,21H,3H2,1-2H3/t13-/m0/s1. The third-order valence-electron chi connectivity index (χ3n) is 3.18. The minimum absolute atomic E-state index is 0.273. The van der Waals surface area contributed by atoms with Crippen molar-refractivity contribution in [1.29, 1.82) is 5.26 Å². The van der Waals surface area contributed by atoms with Crippen molar-refractivity contribution in [3.8, 4) is 6.07 Å². The predicted octanol–water partition coefficient (Wildman–Crippen LogP) is 2.27. The minimum atomic E-state index is -0.517. The number of thiol groups is 1. The molecule has 0 amide bonds. The van der Waals surface area contributed by atoms with Crippen molar-refractivity contribution in [3.05, 3.63) is 52.0 Å². The van der Waals surface area contributed by atoms with E-state index in [0.29, 0.717) is 21.9 Å². The third kappa shape index (κ3) is 2.93. The molecule has 0 spiro atoms. The lowest BCUT2D eigenvalue weighted by molar-refractivity contribution is -0.138. The fraction of sp³-hybridized carbons (Fsp3) is 0.267. The van der Waals surface area contributed by atoms with Gasteiger partial charge in [0.05, 0.1) is 34.8 Å². The summed E-state index contributed by atoms with van der Waals surface area (Å²) in [6.45, 7) is 3.78. The summed E-state index contributed by atoms with van der Waals surface area (Å²) in [5.41, 5.74) is 2.18. The number of rotatable bonds is 3. The molecule has 0 saturated heterocycles. The maximum atomic E-state index is 12.3. The Morgan fingerprint density at radius 1 is 1.62 bits per heavy atom. The van der Waals surface area contributed by atoms with Crippen molar-refractivity contribution in [3.63, 3.8) is 0 Å². The molecule has 0 unspecified atom stereocenters. The molecule has 1 N–H and O–H groups in total. The number of allylic oxidation sites excluding steroid dienone is 2. The summed E-state index contributed by atoms with van der Waals surface area (Å²) in [4.78, 5) is 16.3. The number of nitrogens with zero attached hydrogens (tertiary/aromatic N) is 2. The van der Waals surface area contributed by atoms with Gasteiger partial charge in [-0.25, -0.2) is 4.79 Å². The Labute approximate surface area is 128 Å². The number of esters is 1. The van der Waals surface area contributed by atoms with Crippen molar-refractivity contribution < 1.29 is 9.53 Å². The van der Waals surface area contributed by atoms with E-state index in [1.165, 1.54) is 0 Å². The smallest absolute Gasteiger partial charge is 0.336 e. The van der Waals surface area contributed by atoms with Crippen LogP contribution in [0.25, 0.3) is 0 Å². The molecule has 2 rings (SSSR count). The van der Waals surface area contributed by atoms with Gasteiger partial charge in [-0.05, 0) is 25.5 Å². The zero-order valence-electron chi connectivity index (χ0n) is 11.8. The first-order valence-electron chi connectivity index (χ1n) is 6.48. The quantitative estimate of drug-likeness (QED) is 0.661. The van der Waals surface area contributed by atoms with Gasteiger partial charge in [0.1, 0.15) is 0 Å². The van der Waals surface area contributed by atoms with Crippen molar-refractivity contribution in [1.82, 2.24) is 10.3 Å². The van der Waals surface area contributed by atoms with Crippen molar-refractivity contribution in [2.24, 2.45) is 0 Å². The van der Waals surface area contributed by atoms with Gasteiger partial charge in [0.15, 0.2) is 0 Å². The average Bonchev–Trinajstić information content (AvgIpc) is 2.47. The van der Waals surface area contributed by atoms with Crippen LogP contribution in [0.1, 0.15) is 25.3 Å². The van der Waals surface area contributed by atoms with Gasteiger partial charge in [0.25, 0.3) is 0 Å². The molecule has 2 heterocycles. The van der Waals surface area contributed by atoms with Gasteiger partial charge in [-0.1, -0.05) is 6.07 Å². The Balaban J connectivity index is 2.58. The van der Waals surface area contributed by atoms with Crippen LogP contribution in [0.4, 0.5) is 0 Å². The van der Waals surface area contributed by atoms with Crippen LogP contribution in [-0.2, 0) is 9.53 Å². The van der Waals surface area contributed by atoms with E-state index in [9.17, 15) is 10.1 Å². The second-order valence-corrected chi connectivity index (χ2v) is 4.92. The molecule has 1 aliphatic heterocycles. The highest BCUT2D eigenvalue weighted by atomic mass is 32.1. The second kappa shape index (κ2) is 6.46. The fourth-order valence-electron chi connectivity index (χ4n) is 2.29. The Morgan fingerprint density at radius 3 is 2.95 bits per heavy atom. The zero-order chi connectivity index (χ0) is 15.4. The van der Waals surface area contributed by atoms with Crippen molar-refractivity contribution in [2.45, 2.75) is 19.8 Å². The molecular formula is C15H15N3O2S. The molecular weight excluding hydrogens is 286 g/mol. The van der Waals surface area contributed by atoms with E-state index in [4.69, 9.17) is 4.74 Å². The maximum Gasteiger partial charge on any atom is 0.336 e. The zero-order valence-corrected chi connectivity index (χ0v) is 12.6. The first-order valence-corrected chi connectivity index (χ1v) is 6.92. The lowest BCUT2D eigenvalue weighted by Gasteiger charge is -2.27. The molecule has 0 aromatic carbocycles. The lowest BCUT2D eigenvalue weighted by atomic mass is 9.83. The molecule has 0 fully saturated rings. The Kier molecular flexibility index (Phi) is 4.66. The summed E-state index contributed by atoms with van der Waals surface area (Å²) in [5.74, 6) is -0.957. The molecule has 0 aliphatic carbocycles. The fourth-order valence-corrected chi connectivity index (χ4v) is 2.63. The molecule has 5 nitrogen and oxygen atoms in total. The van der Waals surface area contributed by atoms with E-state index >= 15 is 0 Å². The van der Waals surface area contributed by atoms with Crippen molar-refractivity contribution in [2.75, 3.05) is 6.61 Å². The van der Waals surface area contributed by atoms with Crippen LogP contribution in [0.2, 0.25) is 0 Å². The van der Waals surface area contributed by atoms with Gasteiger partial charge in [-0.3, -0.25) is 4.98 Å². The number of pyridine rings is 1. The van der Waals surface area contributed by atoms with Crippen LogP contribution in [0.15, 0.2) is 46.4 Å². The summed E-state index contributed by atoms with van der Waals surface area (Å²) in [5, 5.41) is 12.8. The largest absolute Gasteiger partial charge is 0.463 e. The number of hydrogen-bond acceptors (Lipinski definition) is 6. The van der Waals surface area contributed by atoms with E-state index in [1.54, 1.807) is 32.3 Å². The monoisotopic (exact) mass is 301 g/mol. The Hall–Kier alpha value is -2.26. The number of nitrogens with one attached hydrogen (secondary N) is 1. The van der Waals surface area contributed by atoms with Crippen LogP contribution < -0.4 is 5.32 Å². The van der Waals surface area contributed by atoms with E-state index in [-0.39, 0.29) is 6.61 Å². The first-order chi connectivity index (χ1) is 10.1. The summed E-state index contributed by atoms with van der Waals surface area (Å²) in [7, 11) is 0. The Morgan fingerprint density at radius 2 is 2.38 bits per heavy atom. The van der Waals surface area contributed by atoms with Gasteiger partial charge >= 0.3 is 5.97 Å².